The lowest BCUT2D eigenvalue weighted by atomic mass is 10.0. The van der Waals surface area contributed by atoms with Crippen LogP contribution in [0, 0.1) is 0 Å². The molecule has 0 fully saturated rings. The predicted octanol–water partition coefficient (Wildman–Crippen LogP) is 4.76. The van der Waals surface area contributed by atoms with Gasteiger partial charge in [-0.25, -0.2) is 4.98 Å². The van der Waals surface area contributed by atoms with Crippen LogP contribution in [-0.2, 0) is 0 Å². The number of nitrogens with zero attached hydrogens (tertiary/aromatic N) is 1. The lowest BCUT2D eigenvalue weighted by Gasteiger charge is -2.08. The maximum Gasteiger partial charge on any atom is 0.292 e. The molecular weight excluding hydrogens is 356 g/mol. The Bertz CT molecular complexity index is 1140. The van der Waals surface area contributed by atoms with Crippen molar-refractivity contribution < 1.29 is 18.7 Å². The average molecular weight is 374 g/mol. The van der Waals surface area contributed by atoms with E-state index in [2.05, 4.69) is 10.3 Å². The highest BCUT2D eigenvalue weighted by Gasteiger charge is 2.23. The molecule has 0 radical (unpaired) electrons. The molecule has 0 aliphatic rings. The molecule has 1 N–H and O–H groups in total. The van der Waals surface area contributed by atoms with Gasteiger partial charge in [0.05, 0.1) is 14.2 Å². The average Bonchev–Trinajstić information content (AvgIpc) is 3.13. The van der Waals surface area contributed by atoms with Crippen molar-refractivity contribution in [1.82, 2.24) is 4.98 Å². The number of carbonyl (C=O) groups excluding carboxylic acids is 1. The third-order valence-electron chi connectivity index (χ3n) is 4.38. The minimum absolute atomic E-state index is 0.209. The normalized spacial score (nSPS) is 10.6. The molecule has 4 rings (SSSR count). The summed E-state index contributed by atoms with van der Waals surface area (Å²) in [6.07, 6.45) is 1.59. The Morgan fingerprint density at radius 1 is 1.00 bits per heavy atom. The summed E-state index contributed by atoms with van der Waals surface area (Å²) in [6.45, 7) is 0. The number of carbonyl (C=O) groups is 1. The van der Waals surface area contributed by atoms with E-state index >= 15 is 0 Å². The number of methoxy groups -OCH3 is 2. The maximum atomic E-state index is 13.1. The molecular formula is C22H18N2O4. The van der Waals surface area contributed by atoms with Crippen LogP contribution < -0.4 is 14.8 Å². The highest BCUT2D eigenvalue weighted by Crippen LogP contribution is 2.37. The molecule has 0 atom stereocenters. The standard InChI is InChI=1S/C22H18N2O4/c1-26-15-10-11-16-18(13-15)28-20(19(16)14-7-4-3-5-8-14)21(25)24-17-9-6-12-23-22(17)27-2/h3-13H,1-2H3,(H,24,25). The molecule has 6 nitrogen and oxygen atoms in total. The summed E-state index contributed by atoms with van der Waals surface area (Å²) in [5.41, 5.74) is 2.64. The van der Waals surface area contributed by atoms with E-state index < -0.39 is 0 Å². The first-order chi connectivity index (χ1) is 13.7. The second-order valence-corrected chi connectivity index (χ2v) is 6.05. The number of fused-ring (bicyclic) bond motifs is 1. The molecule has 0 bridgehead atoms. The third-order valence-corrected chi connectivity index (χ3v) is 4.38. The van der Waals surface area contributed by atoms with Crippen LogP contribution in [0.3, 0.4) is 0 Å². The van der Waals surface area contributed by atoms with Crippen LogP contribution in [0.15, 0.2) is 71.3 Å². The van der Waals surface area contributed by atoms with Crippen LogP contribution in [-0.4, -0.2) is 25.1 Å². The highest BCUT2D eigenvalue weighted by atomic mass is 16.5. The SMILES string of the molecule is COc1ccc2c(-c3ccccc3)c(C(=O)Nc3cccnc3OC)oc2c1. The molecule has 0 spiro atoms. The fourth-order valence-corrected chi connectivity index (χ4v) is 3.08. The molecule has 6 heteroatoms. The fourth-order valence-electron chi connectivity index (χ4n) is 3.08. The first-order valence-electron chi connectivity index (χ1n) is 8.67. The van der Waals surface area contributed by atoms with Crippen LogP contribution >= 0.6 is 0 Å². The number of pyridine rings is 1. The lowest BCUT2D eigenvalue weighted by molar-refractivity contribution is 0.0999. The van der Waals surface area contributed by atoms with E-state index in [1.165, 1.54) is 7.11 Å². The molecule has 2 aromatic carbocycles. The molecule has 28 heavy (non-hydrogen) atoms. The van der Waals surface area contributed by atoms with Gasteiger partial charge in [-0.15, -0.1) is 0 Å². The van der Waals surface area contributed by atoms with Gasteiger partial charge in [0.2, 0.25) is 11.6 Å². The molecule has 0 unspecified atom stereocenters. The Kier molecular flexibility index (Phi) is 4.68. The van der Waals surface area contributed by atoms with E-state index in [0.29, 0.717) is 22.9 Å². The lowest BCUT2D eigenvalue weighted by Crippen LogP contribution is -2.13. The van der Waals surface area contributed by atoms with E-state index in [1.54, 1.807) is 31.5 Å². The number of anilines is 1. The number of hydrogen-bond acceptors (Lipinski definition) is 5. The molecule has 1 amide bonds. The highest BCUT2D eigenvalue weighted by molar-refractivity contribution is 6.13. The minimum atomic E-state index is -0.389. The number of furan rings is 1. The van der Waals surface area contributed by atoms with Crippen molar-refractivity contribution in [2.75, 3.05) is 19.5 Å². The molecule has 0 saturated heterocycles. The summed E-state index contributed by atoms with van der Waals surface area (Å²) in [5, 5.41) is 3.66. The van der Waals surface area contributed by atoms with Crippen LogP contribution in [0.4, 0.5) is 5.69 Å². The van der Waals surface area contributed by atoms with Gasteiger partial charge >= 0.3 is 0 Å². The molecule has 2 heterocycles. The van der Waals surface area contributed by atoms with Gasteiger partial charge < -0.3 is 19.2 Å². The number of aromatic nitrogens is 1. The zero-order valence-electron chi connectivity index (χ0n) is 15.4. The maximum absolute atomic E-state index is 13.1. The van der Waals surface area contributed by atoms with Gasteiger partial charge in [-0.3, -0.25) is 4.79 Å². The minimum Gasteiger partial charge on any atom is -0.497 e. The van der Waals surface area contributed by atoms with Crippen LogP contribution in [0.5, 0.6) is 11.6 Å². The Morgan fingerprint density at radius 3 is 2.57 bits per heavy atom. The van der Waals surface area contributed by atoms with Crippen molar-refractivity contribution in [3.05, 3.63) is 72.6 Å². The third kappa shape index (κ3) is 3.16. The second kappa shape index (κ2) is 7.44. The quantitative estimate of drug-likeness (QED) is 0.545. The fraction of sp³-hybridized carbons (Fsp3) is 0.0909. The molecule has 0 aliphatic heterocycles. The predicted molar refractivity (Wildman–Crippen MR) is 107 cm³/mol. The molecule has 4 aromatic rings. The van der Waals surface area contributed by atoms with Gasteiger partial charge in [-0.05, 0) is 29.8 Å². The van der Waals surface area contributed by atoms with E-state index in [4.69, 9.17) is 13.9 Å². The van der Waals surface area contributed by atoms with E-state index in [9.17, 15) is 4.79 Å². The summed E-state index contributed by atoms with van der Waals surface area (Å²) in [5.74, 6) is 0.803. The largest absolute Gasteiger partial charge is 0.497 e. The van der Waals surface area contributed by atoms with E-state index in [0.717, 1.165) is 16.5 Å². The summed E-state index contributed by atoms with van der Waals surface area (Å²) in [7, 11) is 3.09. The number of amides is 1. The molecule has 0 aliphatic carbocycles. The van der Waals surface area contributed by atoms with Crippen molar-refractivity contribution in [1.29, 1.82) is 0 Å². The number of hydrogen-bond donors (Lipinski definition) is 1. The second-order valence-electron chi connectivity index (χ2n) is 6.05. The van der Waals surface area contributed by atoms with Gasteiger partial charge in [0.1, 0.15) is 17.0 Å². The van der Waals surface area contributed by atoms with Crippen molar-refractivity contribution >= 4 is 22.6 Å². The molecule has 140 valence electrons. The number of nitrogens with one attached hydrogen (secondary N) is 1. The number of benzene rings is 2. The van der Waals surface area contributed by atoms with Crippen LogP contribution in [0.2, 0.25) is 0 Å². The Balaban J connectivity index is 1.84. The van der Waals surface area contributed by atoms with Crippen molar-refractivity contribution in [3.63, 3.8) is 0 Å². The zero-order valence-corrected chi connectivity index (χ0v) is 15.4. The van der Waals surface area contributed by atoms with Gasteiger partial charge in [-0.1, -0.05) is 30.3 Å². The van der Waals surface area contributed by atoms with Gasteiger partial charge in [0.25, 0.3) is 5.91 Å². The van der Waals surface area contributed by atoms with E-state index in [-0.39, 0.29) is 11.7 Å². The van der Waals surface area contributed by atoms with Crippen molar-refractivity contribution in [3.8, 4) is 22.8 Å². The molecule has 0 saturated carbocycles. The summed E-state index contributed by atoms with van der Waals surface area (Å²) in [6, 6.07) is 18.6. The van der Waals surface area contributed by atoms with Crippen molar-refractivity contribution in [2.45, 2.75) is 0 Å². The summed E-state index contributed by atoms with van der Waals surface area (Å²) in [4.78, 5) is 17.2. The van der Waals surface area contributed by atoms with Gasteiger partial charge in [0.15, 0.2) is 0 Å². The van der Waals surface area contributed by atoms with Crippen molar-refractivity contribution in [2.24, 2.45) is 0 Å². The smallest absolute Gasteiger partial charge is 0.292 e. The van der Waals surface area contributed by atoms with Gasteiger partial charge in [-0.2, -0.15) is 0 Å². The first-order valence-corrected chi connectivity index (χ1v) is 8.67. The summed E-state index contributed by atoms with van der Waals surface area (Å²) >= 11 is 0. The Hall–Kier alpha value is -3.80. The monoisotopic (exact) mass is 374 g/mol. The number of rotatable bonds is 5. The Morgan fingerprint density at radius 2 is 1.82 bits per heavy atom. The molecule has 2 aromatic heterocycles. The Labute approximate surface area is 161 Å². The topological polar surface area (TPSA) is 73.6 Å². The zero-order chi connectivity index (χ0) is 19.5. The van der Waals surface area contributed by atoms with Gasteiger partial charge in [0, 0.05) is 23.2 Å². The van der Waals surface area contributed by atoms with Crippen LogP contribution in [0.1, 0.15) is 10.6 Å². The van der Waals surface area contributed by atoms with E-state index in [1.807, 2.05) is 42.5 Å². The number of ether oxygens (including phenoxy) is 2. The first kappa shape index (κ1) is 17.6. The summed E-state index contributed by atoms with van der Waals surface area (Å²) < 4.78 is 16.4. The van der Waals surface area contributed by atoms with Crippen LogP contribution in [0.25, 0.3) is 22.1 Å².